The van der Waals surface area contributed by atoms with Gasteiger partial charge in [-0.05, 0) is 43.2 Å². The molecule has 1 saturated heterocycles. The van der Waals surface area contributed by atoms with E-state index in [0.717, 1.165) is 25.9 Å². The van der Waals surface area contributed by atoms with Gasteiger partial charge in [0.25, 0.3) is 5.91 Å². The number of hydrogen-bond acceptors (Lipinski definition) is 3. The first-order valence-electron chi connectivity index (χ1n) is 9.32. The number of likely N-dealkylation sites (tertiary alicyclic amines) is 1. The molecule has 1 aromatic carbocycles. The van der Waals surface area contributed by atoms with E-state index in [0.29, 0.717) is 11.6 Å². The fourth-order valence-electron chi connectivity index (χ4n) is 4.27. The summed E-state index contributed by atoms with van der Waals surface area (Å²) in [6, 6.07) is 9.72. The van der Waals surface area contributed by atoms with E-state index in [2.05, 4.69) is 39.6 Å². The lowest BCUT2D eigenvalue weighted by Gasteiger charge is -2.40. The van der Waals surface area contributed by atoms with Crippen molar-refractivity contribution in [2.24, 2.45) is 7.05 Å². The molecule has 132 valence electrons. The SMILES string of the molecule is Cn1cc(C(=O)NC2CCN([C@@H]3CCCc4ccccc43)CC2)cn1. The fourth-order valence-corrected chi connectivity index (χ4v) is 4.27. The predicted molar refractivity (Wildman–Crippen MR) is 97.4 cm³/mol. The second-order valence-corrected chi connectivity index (χ2v) is 7.29. The number of piperidine rings is 1. The molecule has 4 rings (SSSR count). The molecule has 0 radical (unpaired) electrons. The highest BCUT2D eigenvalue weighted by atomic mass is 16.1. The molecule has 2 heterocycles. The molecule has 0 saturated carbocycles. The fraction of sp³-hybridized carbons (Fsp3) is 0.500. The van der Waals surface area contributed by atoms with Gasteiger partial charge in [-0.2, -0.15) is 5.10 Å². The summed E-state index contributed by atoms with van der Waals surface area (Å²) in [5, 5.41) is 7.25. The first-order chi connectivity index (χ1) is 12.2. The molecular formula is C20H26N4O. The second kappa shape index (κ2) is 7.00. The van der Waals surface area contributed by atoms with Crippen molar-refractivity contribution in [3.63, 3.8) is 0 Å². The topological polar surface area (TPSA) is 50.2 Å². The smallest absolute Gasteiger partial charge is 0.254 e. The van der Waals surface area contributed by atoms with Crippen molar-refractivity contribution in [2.75, 3.05) is 13.1 Å². The maximum absolute atomic E-state index is 12.3. The monoisotopic (exact) mass is 338 g/mol. The van der Waals surface area contributed by atoms with Crippen LogP contribution in [0.15, 0.2) is 36.7 Å². The Balaban J connectivity index is 1.35. The van der Waals surface area contributed by atoms with Crippen molar-refractivity contribution in [3.05, 3.63) is 53.3 Å². The van der Waals surface area contributed by atoms with Crippen molar-refractivity contribution in [1.82, 2.24) is 20.0 Å². The van der Waals surface area contributed by atoms with Gasteiger partial charge in [-0.15, -0.1) is 0 Å². The van der Waals surface area contributed by atoms with Crippen LogP contribution < -0.4 is 5.32 Å². The van der Waals surface area contributed by atoms with Crippen LogP contribution in [-0.4, -0.2) is 39.7 Å². The normalized spacial score (nSPS) is 21.7. The number of nitrogens with one attached hydrogen (secondary N) is 1. The van der Waals surface area contributed by atoms with Crippen LogP contribution in [0.2, 0.25) is 0 Å². The van der Waals surface area contributed by atoms with E-state index in [1.54, 1.807) is 17.1 Å². The molecule has 0 unspecified atom stereocenters. The van der Waals surface area contributed by atoms with Crippen LogP contribution >= 0.6 is 0 Å². The summed E-state index contributed by atoms with van der Waals surface area (Å²) in [4.78, 5) is 14.9. The molecule has 1 amide bonds. The Morgan fingerprint density at radius 1 is 1.20 bits per heavy atom. The maximum atomic E-state index is 12.3. The molecule has 5 heteroatoms. The quantitative estimate of drug-likeness (QED) is 0.936. The summed E-state index contributed by atoms with van der Waals surface area (Å²) in [6.45, 7) is 2.11. The third kappa shape index (κ3) is 3.47. The molecule has 1 aromatic heterocycles. The van der Waals surface area contributed by atoms with Gasteiger partial charge < -0.3 is 5.32 Å². The summed E-state index contributed by atoms with van der Waals surface area (Å²) >= 11 is 0. The van der Waals surface area contributed by atoms with Gasteiger partial charge in [-0.3, -0.25) is 14.4 Å². The number of amides is 1. The molecule has 2 aromatic rings. The Hall–Kier alpha value is -2.14. The third-order valence-corrected chi connectivity index (χ3v) is 5.61. The van der Waals surface area contributed by atoms with Crippen LogP contribution in [0.5, 0.6) is 0 Å². The van der Waals surface area contributed by atoms with Crippen LogP contribution in [0, 0.1) is 0 Å². The Bertz CT molecular complexity index is 746. The van der Waals surface area contributed by atoms with Crippen molar-refractivity contribution in [1.29, 1.82) is 0 Å². The van der Waals surface area contributed by atoms with E-state index < -0.39 is 0 Å². The molecule has 2 aliphatic rings. The van der Waals surface area contributed by atoms with Gasteiger partial charge >= 0.3 is 0 Å². The lowest BCUT2D eigenvalue weighted by Crippen LogP contribution is -2.46. The predicted octanol–water partition coefficient (Wildman–Crippen LogP) is 2.69. The molecular weight excluding hydrogens is 312 g/mol. The third-order valence-electron chi connectivity index (χ3n) is 5.61. The Morgan fingerprint density at radius 2 is 2.00 bits per heavy atom. The number of fused-ring (bicyclic) bond motifs is 1. The van der Waals surface area contributed by atoms with Gasteiger partial charge in [0.2, 0.25) is 0 Å². The zero-order chi connectivity index (χ0) is 17.2. The minimum atomic E-state index is -0.00504. The first kappa shape index (κ1) is 16.3. The summed E-state index contributed by atoms with van der Waals surface area (Å²) < 4.78 is 1.66. The van der Waals surface area contributed by atoms with Crippen molar-refractivity contribution >= 4 is 5.91 Å². The number of benzene rings is 1. The van der Waals surface area contributed by atoms with Gasteiger partial charge in [0.05, 0.1) is 11.8 Å². The van der Waals surface area contributed by atoms with E-state index in [4.69, 9.17) is 0 Å². The number of carbonyl (C=O) groups is 1. The highest BCUT2D eigenvalue weighted by Crippen LogP contribution is 2.35. The van der Waals surface area contributed by atoms with E-state index in [1.807, 2.05) is 7.05 Å². The summed E-state index contributed by atoms with van der Waals surface area (Å²) in [6.07, 6.45) is 9.18. The maximum Gasteiger partial charge on any atom is 0.254 e. The van der Waals surface area contributed by atoms with Crippen LogP contribution in [-0.2, 0) is 13.5 Å². The minimum Gasteiger partial charge on any atom is -0.349 e. The number of hydrogen-bond donors (Lipinski definition) is 1. The van der Waals surface area contributed by atoms with Crippen LogP contribution in [0.25, 0.3) is 0 Å². The van der Waals surface area contributed by atoms with Crippen LogP contribution in [0.1, 0.15) is 53.2 Å². The van der Waals surface area contributed by atoms with E-state index in [-0.39, 0.29) is 11.9 Å². The summed E-state index contributed by atoms with van der Waals surface area (Å²) in [5.74, 6) is -0.00504. The van der Waals surface area contributed by atoms with Gasteiger partial charge in [0.15, 0.2) is 0 Å². The molecule has 0 spiro atoms. The molecule has 1 fully saturated rings. The van der Waals surface area contributed by atoms with E-state index in [1.165, 1.54) is 30.4 Å². The molecule has 1 atom stereocenters. The lowest BCUT2D eigenvalue weighted by atomic mass is 9.86. The van der Waals surface area contributed by atoms with Crippen LogP contribution in [0.3, 0.4) is 0 Å². The number of rotatable bonds is 3. The van der Waals surface area contributed by atoms with E-state index in [9.17, 15) is 4.79 Å². The lowest BCUT2D eigenvalue weighted by molar-refractivity contribution is 0.0881. The Kier molecular flexibility index (Phi) is 4.57. The number of aryl methyl sites for hydroxylation is 2. The Morgan fingerprint density at radius 3 is 2.76 bits per heavy atom. The molecule has 5 nitrogen and oxygen atoms in total. The average Bonchev–Trinajstić information content (AvgIpc) is 3.08. The average molecular weight is 338 g/mol. The van der Waals surface area contributed by atoms with Gasteiger partial charge in [0, 0.05) is 38.4 Å². The van der Waals surface area contributed by atoms with Crippen LogP contribution in [0.4, 0.5) is 0 Å². The number of carbonyl (C=O) groups excluding carboxylic acids is 1. The molecule has 1 aliphatic heterocycles. The molecule has 1 aliphatic carbocycles. The molecule has 25 heavy (non-hydrogen) atoms. The van der Waals surface area contributed by atoms with Crippen molar-refractivity contribution in [3.8, 4) is 0 Å². The first-order valence-corrected chi connectivity index (χ1v) is 9.32. The second-order valence-electron chi connectivity index (χ2n) is 7.29. The molecule has 0 bridgehead atoms. The van der Waals surface area contributed by atoms with Gasteiger partial charge in [0.1, 0.15) is 0 Å². The highest BCUT2D eigenvalue weighted by molar-refractivity contribution is 5.93. The van der Waals surface area contributed by atoms with Gasteiger partial charge in [-0.1, -0.05) is 24.3 Å². The standard InChI is InChI=1S/C20H26N4O/c1-23-14-16(13-21-23)20(25)22-17-9-11-24(12-10-17)19-8-4-6-15-5-2-3-7-18(15)19/h2-3,5,7,13-14,17,19H,4,6,8-12H2,1H3,(H,22,25)/t19-/m1/s1. The largest absolute Gasteiger partial charge is 0.349 e. The number of aromatic nitrogens is 2. The Labute approximate surface area is 149 Å². The zero-order valence-electron chi connectivity index (χ0n) is 14.8. The van der Waals surface area contributed by atoms with Crippen molar-refractivity contribution < 1.29 is 4.79 Å². The van der Waals surface area contributed by atoms with E-state index >= 15 is 0 Å². The summed E-state index contributed by atoms with van der Waals surface area (Å²) in [7, 11) is 1.83. The zero-order valence-corrected chi connectivity index (χ0v) is 14.8. The highest BCUT2D eigenvalue weighted by Gasteiger charge is 2.29. The minimum absolute atomic E-state index is 0.00504. The number of nitrogens with zero attached hydrogens (tertiary/aromatic N) is 3. The van der Waals surface area contributed by atoms with Crippen molar-refractivity contribution in [2.45, 2.75) is 44.2 Å². The molecule has 1 N–H and O–H groups in total. The summed E-state index contributed by atoms with van der Waals surface area (Å²) in [5.41, 5.74) is 3.68. The van der Waals surface area contributed by atoms with Gasteiger partial charge in [-0.25, -0.2) is 0 Å².